The Balaban J connectivity index is 1.47. The highest BCUT2D eigenvalue weighted by atomic mass is 16.5. The van der Waals surface area contributed by atoms with Crippen molar-refractivity contribution in [1.29, 1.82) is 0 Å². The van der Waals surface area contributed by atoms with Crippen LogP contribution in [0.4, 0.5) is 5.95 Å². The molecule has 1 N–H and O–H groups in total. The number of anilines is 1. The number of nitrogens with one attached hydrogen (secondary N) is 1. The van der Waals surface area contributed by atoms with Gasteiger partial charge in [-0.15, -0.1) is 0 Å². The van der Waals surface area contributed by atoms with Crippen molar-refractivity contribution in [1.82, 2.24) is 9.55 Å². The highest BCUT2D eigenvalue weighted by Crippen LogP contribution is 2.46. The summed E-state index contributed by atoms with van der Waals surface area (Å²) >= 11 is 0. The third-order valence-electron chi connectivity index (χ3n) is 6.30. The van der Waals surface area contributed by atoms with Gasteiger partial charge in [0, 0.05) is 17.7 Å². The molecule has 0 spiro atoms. The highest BCUT2D eigenvalue weighted by Gasteiger charge is 2.40. The Labute approximate surface area is 179 Å². The predicted molar refractivity (Wildman–Crippen MR) is 117 cm³/mol. The van der Waals surface area contributed by atoms with E-state index in [1.165, 1.54) is 0 Å². The minimum absolute atomic E-state index is 0.109. The summed E-state index contributed by atoms with van der Waals surface area (Å²) in [6, 6.07) is 19.4. The molecule has 2 unspecified atom stereocenters. The lowest BCUT2D eigenvalue weighted by Gasteiger charge is -2.35. The fourth-order valence-corrected chi connectivity index (χ4v) is 4.85. The first-order valence-corrected chi connectivity index (χ1v) is 10.4. The van der Waals surface area contributed by atoms with Crippen LogP contribution in [0.2, 0.25) is 0 Å². The number of furan rings is 1. The second kappa shape index (κ2) is 6.87. The van der Waals surface area contributed by atoms with Crippen LogP contribution in [0.1, 0.15) is 36.1 Å². The van der Waals surface area contributed by atoms with Crippen molar-refractivity contribution in [3.8, 4) is 5.75 Å². The van der Waals surface area contributed by atoms with Gasteiger partial charge in [-0.25, -0.2) is 4.98 Å². The molecular formula is C25H21N3O3. The molecule has 0 saturated carbocycles. The number of methoxy groups -OCH3 is 1. The smallest absolute Gasteiger partial charge is 0.209 e. The van der Waals surface area contributed by atoms with E-state index in [0.29, 0.717) is 6.42 Å². The number of para-hydroxylation sites is 2. The second-order valence-electron chi connectivity index (χ2n) is 8.03. The first-order valence-electron chi connectivity index (χ1n) is 10.4. The van der Waals surface area contributed by atoms with Gasteiger partial charge in [0.15, 0.2) is 5.78 Å². The molecule has 4 aromatic rings. The summed E-state index contributed by atoms with van der Waals surface area (Å²) in [6.07, 6.45) is 2.86. The standard InChI is InChI=1S/C25H21N3O3/c1-30-17-10-8-15(9-11-17)16-13-19-23(21(29)14-16)24(22-7-4-12-31-22)28-20-6-3-2-5-18(20)26-25(28)27-19/h2-12,16,24H,13-14H2,1H3,(H,26,27). The molecule has 154 valence electrons. The summed E-state index contributed by atoms with van der Waals surface area (Å²) in [5.41, 5.74) is 4.70. The first-order chi connectivity index (χ1) is 15.2. The Bertz CT molecular complexity index is 1320. The number of hydrogen-bond acceptors (Lipinski definition) is 5. The van der Waals surface area contributed by atoms with Gasteiger partial charge in [0.25, 0.3) is 0 Å². The number of ketones is 1. The lowest BCUT2D eigenvalue weighted by Crippen LogP contribution is -2.32. The van der Waals surface area contributed by atoms with Gasteiger partial charge >= 0.3 is 0 Å². The second-order valence-corrected chi connectivity index (χ2v) is 8.03. The number of carbonyl (C=O) groups excluding carboxylic acids is 1. The molecule has 3 heterocycles. The zero-order valence-electron chi connectivity index (χ0n) is 17.0. The summed E-state index contributed by atoms with van der Waals surface area (Å²) in [5.74, 6) is 2.55. The molecular weight excluding hydrogens is 390 g/mol. The summed E-state index contributed by atoms with van der Waals surface area (Å²) < 4.78 is 13.2. The van der Waals surface area contributed by atoms with E-state index in [9.17, 15) is 4.79 Å². The lowest BCUT2D eigenvalue weighted by molar-refractivity contribution is -0.116. The van der Waals surface area contributed by atoms with Gasteiger partial charge in [0.2, 0.25) is 5.95 Å². The average Bonchev–Trinajstić information content (AvgIpc) is 3.45. The molecule has 2 aliphatic rings. The Hall–Kier alpha value is -3.80. The van der Waals surface area contributed by atoms with Crippen LogP contribution in [0.25, 0.3) is 11.0 Å². The number of Topliss-reactive ketones (excluding diaryl/α,β-unsaturated/α-hetero) is 1. The monoisotopic (exact) mass is 411 g/mol. The van der Waals surface area contributed by atoms with E-state index in [-0.39, 0.29) is 17.7 Å². The Morgan fingerprint density at radius 3 is 2.68 bits per heavy atom. The zero-order valence-corrected chi connectivity index (χ0v) is 17.0. The van der Waals surface area contributed by atoms with Gasteiger partial charge in [-0.2, -0.15) is 0 Å². The summed E-state index contributed by atoms with van der Waals surface area (Å²) in [4.78, 5) is 18.3. The van der Waals surface area contributed by atoms with Gasteiger partial charge in [-0.1, -0.05) is 24.3 Å². The number of carbonyl (C=O) groups is 1. The number of imidazole rings is 1. The van der Waals surface area contributed by atoms with Crippen molar-refractivity contribution >= 4 is 22.8 Å². The van der Waals surface area contributed by atoms with Crippen molar-refractivity contribution < 1.29 is 13.9 Å². The summed E-state index contributed by atoms with van der Waals surface area (Å²) in [6.45, 7) is 0. The number of allylic oxidation sites excluding steroid dienone is 2. The topological polar surface area (TPSA) is 69.3 Å². The van der Waals surface area contributed by atoms with E-state index in [1.807, 2.05) is 60.7 Å². The maximum absolute atomic E-state index is 13.5. The van der Waals surface area contributed by atoms with Gasteiger partial charge < -0.3 is 14.5 Å². The normalized spacial score (nSPS) is 20.4. The molecule has 1 aliphatic carbocycles. The Kier molecular flexibility index (Phi) is 3.99. The van der Waals surface area contributed by atoms with Crippen LogP contribution in [0.5, 0.6) is 5.75 Å². The van der Waals surface area contributed by atoms with E-state index >= 15 is 0 Å². The van der Waals surface area contributed by atoms with Crippen molar-refractivity contribution in [3.63, 3.8) is 0 Å². The van der Waals surface area contributed by atoms with Crippen LogP contribution in [0, 0.1) is 0 Å². The Morgan fingerprint density at radius 2 is 1.90 bits per heavy atom. The van der Waals surface area contributed by atoms with Crippen LogP contribution in [-0.4, -0.2) is 22.4 Å². The minimum atomic E-state index is -0.321. The molecule has 6 nitrogen and oxygen atoms in total. The highest BCUT2D eigenvalue weighted by molar-refractivity contribution is 6.00. The maximum Gasteiger partial charge on any atom is 0.209 e. The van der Waals surface area contributed by atoms with E-state index in [1.54, 1.807) is 13.4 Å². The van der Waals surface area contributed by atoms with Gasteiger partial charge in [0.05, 0.1) is 24.4 Å². The minimum Gasteiger partial charge on any atom is -0.497 e. The maximum atomic E-state index is 13.5. The predicted octanol–water partition coefficient (Wildman–Crippen LogP) is 5.05. The summed E-state index contributed by atoms with van der Waals surface area (Å²) in [7, 11) is 1.66. The molecule has 6 heteroatoms. The molecule has 2 atom stereocenters. The first kappa shape index (κ1) is 18.0. The van der Waals surface area contributed by atoms with Gasteiger partial charge in [-0.3, -0.25) is 9.36 Å². The van der Waals surface area contributed by atoms with Gasteiger partial charge in [0.1, 0.15) is 17.6 Å². The Morgan fingerprint density at radius 1 is 1.06 bits per heavy atom. The van der Waals surface area contributed by atoms with Gasteiger partial charge in [-0.05, 0) is 54.3 Å². The van der Waals surface area contributed by atoms with E-state index in [2.05, 4.69) is 9.88 Å². The fourth-order valence-electron chi connectivity index (χ4n) is 4.85. The molecule has 0 bridgehead atoms. The third-order valence-corrected chi connectivity index (χ3v) is 6.30. The lowest BCUT2D eigenvalue weighted by atomic mass is 9.78. The molecule has 31 heavy (non-hydrogen) atoms. The van der Waals surface area contributed by atoms with Crippen LogP contribution in [-0.2, 0) is 4.79 Å². The number of ether oxygens (including phenoxy) is 1. The molecule has 0 radical (unpaired) electrons. The number of aromatic nitrogens is 2. The van der Waals surface area contributed by atoms with Crippen LogP contribution < -0.4 is 10.1 Å². The fraction of sp³-hybridized carbons (Fsp3) is 0.200. The number of benzene rings is 2. The molecule has 1 aliphatic heterocycles. The number of rotatable bonds is 3. The SMILES string of the molecule is COc1ccc(C2CC(=O)C3=C(C2)Nc2nc4ccccc4n2C3c2ccco2)cc1. The van der Waals surface area contributed by atoms with E-state index in [0.717, 1.165) is 51.7 Å². The summed E-state index contributed by atoms with van der Waals surface area (Å²) in [5, 5.41) is 3.48. The number of nitrogens with zero attached hydrogens (tertiary/aromatic N) is 2. The molecule has 0 saturated heterocycles. The van der Waals surface area contributed by atoms with Crippen molar-refractivity contribution in [2.24, 2.45) is 0 Å². The number of hydrogen-bond donors (Lipinski definition) is 1. The third kappa shape index (κ3) is 2.79. The van der Waals surface area contributed by atoms with Crippen LogP contribution in [0.15, 0.2) is 82.6 Å². The van der Waals surface area contributed by atoms with Crippen molar-refractivity contribution in [3.05, 3.63) is 89.5 Å². The van der Waals surface area contributed by atoms with Crippen LogP contribution >= 0.6 is 0 Å². The number of fused-ring (bicyclic) bond motifs is 3. The van der Waals surface area contributed by atoms with Crippen molar-refractivity contribution in [2.45, 2.75) is 24.8 Å². The quantitative estimate of drug-likeness (QED) is 0.511. The molecule has 2 aromatic carbocycles. The van der Waals surface area contributed by atoms with E-state index in [4.69, 9.17) is 14.1 Å². The zero-order chi connectivity index (χ0) is 20.9. The molecule has 0 amide bonds. The average molecular weight is 411 g/mol. The van der Waals surface area contributed by atoms with E-state index < -0.39 is 0 Å². The van der Waals surface area contributed by atoms with Crippen molar-refractivity contribution in [2.75, 3.05) is 12.4 Å². The largest absolute Gasteiger partial charge is 0.497 e. The molecule has 0 fully saturated rings. The molecule has 2 aromatic heterocycles. The van der Waals surface area contributed by atoms with Crippen LogP contribution in [0.3, 0.4) is 0 Å². The molecule has 6 rings (SSSR count).